The summed E-state index contributed by atoms with van der Waals surface area (Å²) in [5, 5.41) is 0. The largest absolute Gasteiger partial charge is 0.340 e. The minimum absolute atomic E-state index is 0.0728. The van der Waals surface area contributed by atoms with Gasteiger partial charge >= 0.3 is 0 Å². The maximum Gasteiger partial charge on any atom is 0.242 e. The number of benzene rings is 2. The highest BCUT2D eigenvalue weighted by molar-refractivity contribution is 9.10. The van der Waals surface area contributed by atoms with Gasteiger partial charge in [0.25, 0.3) is 0 Å². The van der Waals surface area contributed by atoms with Crippen molar-refractivity contribution in [1.29, 1.82) is 0 Å². The molecule has 24 heavy (non-hydrogen) atoms. The minimum atomic E-state index is 0.0728. The summed E-state index contributed by atoms with van der Waals surface area (Å²) in [6.07, 6.45) is 0.801. The van der Waals surface area contributed by atoms with Crippen LogP contribution in [-0.2, 0) is 24.3 Å². The number of aryl methyl sites for hydroxylation is 1. The molecule has 0 spiro atoms. The second-order valence-corrected chi connectivity index (χ2v) is 6.65. The number of carbonyl (C=O) groups is 1. The Morgan fingerprint density at radius 3 is 2.62 bits per heavy atom. The number of hydrogen-bond donors (Lipinski definition) is 0. The van der Waals surface area contributed by atoms with Crippen LogP contribution < -0.4 is 0 Å². The molecule has 0 saturated carbocycles. The predicted molar refractivity (Wildman–Crippen MR) is 99.7 cm³/mol. The molecule has 1 amide bonds. The molecule has 3 aromatic rings. The van der Waals surface area contributed by atoms with E-state index in [4.69, 9.17) is 0 Å². The van der Waals surface area contributed by atoms with E-state index in [0.717, 1.165) is 33.3 Å². The number of imidazole rings is 1. The summed E-state index contributed by atoms with van der Waals surface area (Å²) >= 11 is 3.54. The number of carbonyl (C=O) groups excluding carboxylic acids is 1. The molecular formula is C19H20BrN3O. The fourth-order valence-corrected chi connectivity index (χ4v) is 3.21. The smallest absolute Gasteiger partial charge is 0.242 e. The van der Waals surface area contributed by atoms with Gasteiger partial charge in [-0.25, -0.2) is 4.98 Å². The van der Waals surface area contributed by atoms with Gasteiger partial charge in [-0.05, 0) is 23.8 Å². The van der Waals surface area contributed by atoms with Gasteiger partial charge in [-0.1, -0.05) is 53.2 Å². The van der Waals surface area contributed by atoms with E-state index in [-0.39, 0.29) is 5.91 Å². The topological polar surface area (TPSA) is 38.1 Å². The van der Waals surface area contributed by atoms with Gasteiger partial charge in [0.15, 0.2) is 0 Å². The third kappa shape index (κ3) is 3.36. The highest BCUT2D eigenvalue weighted by atomic mass is 79.9. The van der Waals surface area contributed by atoms with E-state index in [1.807, 2.05) is 60.1 Å². The second-order valence-electron chi connectivity index (χ2n) is 5.80. The molecule has 4 nitrogen and oxygen atoms in total. The normalized spacial score (nSPS) is 11.0. The molecule has 2 aromatic carbocycles. The van der Waals surface area contributed by atoms with Crippen LogP contribution in [-0.4, -0.2) is 27.4 Å². The zero-order valence-electron chi connectivity index (χ0n) is 13.9. The van der Waals surface area contributed by atoms with Crippen LogP contribution in [0, 0.1) is 0 Å². The number of fused-ring (bicyclic) bond motifs is 1. The Kier molecular flexibility index (Phi) is 5.00. The quantitative estimate of drug-likeness (QED) is 0.664. The van der Waals surface area contributed by atoms with E-state index in [1.54, 1.807) is 4.90 Å². The van der Waals surface area contributed by atoms with Gasteiger partial charge in [-0.2, -0.15) is 0 Å². The molecule has 0 atom stereocenters. The monoisotopic (exact) mass is 385 g/mol. The van der Waals surface area contributed by atoms with Crippen molar-refractivity contribution in [3.8, 4) is 0 Å². The van der Waals surface area contributed by atoms with Gasteiger partial charge in [0.2, 0.25) is 5.91 Å². The van der Waals surface area contributed by atoms with Crippen molar-refractivity contribution < 1.29 is 4.79 Å². The summed E-state index contributed by atoms with van der Waals surface area (Å²) in [7, 11) is 1.84. The summed E-state index contributed by atoms with van der Waals surface area (Å²) in [5.41, 5.74) is 3.05. The molecule has 0 fully saturated rings. The summed E-state index contributed by atoms with van der Waals surface area (Å²) < 4.78 is 3.04. The van der Waals surface area contributed by atoms with Crippen molar-refractivity contribution in [3.63, 3.8) is 0 Å². The number of rotatable bonds is 5. The van der Waals surface area contributed by atoms with Crippen LogP contribution in [0.4, 0.5) is 0 Å². The number of halogens is 1. The zero-order valence-corrected chi connectivity index (χ0v) is 15.5. The molecule has 0 aliphatic heterocycles. The van der Waals surface area contributed by atoms with Gasteiger partial charge in [0, 0.05) is 24.5 Å². The van der Waals surface area contributed by atoms with E-state index in [9.17, 15) is 4.79 Å². The third-order valence-corrected chi connectivity index (χ3v) is 4.91. The third-order valence-electron chi connectivity index (χ3n) is 4.13. The fraction of sp³-hybridized carbons (Fsp3) is 0.263. The van der Waals surface area contributed by atoms with Gasteiger partial charge in [0.1, 0.15) is 12.4 Å². The first-order valence-corrected chi connectivity index (χ1v) is 8.81. The van der Waals surface area contributed by atoms with Crippen LogP contribution in [0.3, 0.4) is 0 Å². The Morgan fingerprint density at radius 2 is 1.88 bits per heavy atom. The van der Waals surface area contributed by atoms with Gasteiger partial charge in [-0.3, -0.25) is 4.79 Å². The van der Waals surface area contributed by atoms with E-state index < -0.39 is 0 Å². The van der Waals surface area contributed by atoms with Crippen molar-refractivity contribution in [2.45, 2.75) is 26.4 Å². The predicted octanol–water partition coefficient (Wildman–Crippen LogP) is 4.02. The van der Waals surface area contributed by atoms with Crippen molar-refractivity contribution >= 4 is 32.9 Å². The number of aromatic nitrogens is 2. The van der Waals surface area contributed by atoms with Crippen molar-refractivity contribution in [2.24, 2.45) is 0 Å². The van der Waals surface area contributed by atoms with Crippen molar-refractivity contribution in [3.05, 3.63) is 64.4 Å². The van der Waals surface area contributed by atoms with Crippen LogP contribution in [0.1, 0.15) is 18.3 Å². The highest BCUT2D eigenvalue weighted by Gasteiger charge is 2.16. The maximum atomic E-state index is 12.7. The molecule has 0 unspecified atom stereocenters. The molecule has 124 valence electrons. The van der Waals surface area contributed by atoms with Gasteiger partial charge in [-0.15, -0.1) is 0 Å². The molecule has 0 bridgehead atoms. The number of amides is 1. The van der Waals surface area contributed by atoms with E-state index >= 15 is 0 Å². The SMILES string of the molecule is CCc1nc2ccccc2n1CC(=O)N(C)Cc1ccccc1Br. The van der Waals surface area contributed by atoms with Crippen molar-refractivity contribution in [1.82, 2.24) is 14.5 Å². The van der Waals surface area contributed by atoms with E-state index in [1.165, 1.54) is 0 Å². The van der Waals surface area contributed by atoms with Crippen LogP contribution in [0.25, 0.3) is 11.0 Å². The molecule has 0 radical (unpaired) electrons. The number of para-hydroxylation sites is 2. The van der Waals surface area contributed by atoms with Crippen LogP contribution >= 0.6 is 15.9 Å². The fourth-order valence-electron chi connectivity index (χ4n) is 2.80. The lowest BCUT2D eigenvalue weighted by molar-refractivity contribution is -0.131. The standard InChI is InChI=1S/C19H20BrN3O/c1-3-18-21-16-10-6-7-11-17(16)23(18)13-19(24)22(2)12-14-8-4-5-9-15(14)20/h4-11H,3,12-13H2,1-2H3. The molecule has 0 saturated heterocycles. The molecule has 1 aromatic heterocycles. The molecule has 0 N–H and O–H groups in total. The number of hydrogen-bond acceptors (Lipinski definition) is 2. The van der Waals surface area contributed by atoms with Crippen LogP contribution in [0.2, 0.25) is 0 Å². The van der Waals surface area contributed by atoms with Gasteiger partial charge < -0.3 is 9.47 Å². The van der Waals surface area contributed by atoms with Crippen LogP contribution in [0.15, 0.2) is 53.0 Å². The lowest BCUT2D eigenvalue weighted by Gasteiger charge is -2.19. The van der Waals surface area contributed by atoms with E-state index in [0.29, 0.717) is 13.1 Å². The minimum Gasteiger partial charge on any atom is -0.340 e. The summed E-state index contributed by atoms with van der Waals surface area (Å²) in [4.78, 5) is 19.1. The second kappa shape index (κ2) is 7.18. The zero-order chi connectivity index (χ0) is 17.1. The van der Waals surface area contributed by atoms with E-state index in [2.05, 4.69) is 27.8 Å². The van der Waals surface area contributed by atoms with Crippen molar-refractivity contribution in [2.75, 3.05) is 7.05 Å². The average molecular weight is 386 g/mol. The first kappa shape index (κ1) is 16.7. The Hall–Kier alpha value is -2.14. The lowest BCUT2D eigenvalue weighted by atomic mass is 10.2. The Bertz CT molecular complexity index is 872. The average Bonchev–Trinajstić information content (AvgIpc) is 2.94. The summed E-state index contributed by atoms with van der Waals surface area (Å²) in [5.74, 6) is 1.02. The highest BCUT2D eigenvalue weighted by Crippen LogP contribution is 2.19. The Balaban J connectivity index is 1.81. The number of nitrogens with zero attached hydrogens (tertiary/aromatic N) is 3. The molecule has 0 aliphatic carbocycles. The summed E-state index contributed by atoms with van der Waals surface area (Å²) in [6, 6.07) is 15.9. The Morgan fingerprint density at radius 1 is 1.17 bits per heavy atom. The molecule has 5 heteroatoms. The lowest BCUT2D eigenvalue weighted by Crippen LogP contribution is -2.30. The summed E-state index contributed by atoms with van der Waals surface area (Å²) in [6.45, 7) is 2.95. The first-order chi connectivity index (χ1) is 11.6. The molecule has 3 rings (SSSR count). The van der Waals surface area contributed by atoms with Crippen LogP contribution in [0.5, 0.6) is 0 Å². The molecule has 1 heterocycles. The first-order valence-electron chi connectivity index (χ1n) is 8.01. The molecule has 0 aliphatic rings. The Labute approximate surface area is 150 Å². The molecular weight excluding hydrogens is 366 g/mol. The number of likely N-dealkylation sites (N-methyl/N-ethyl adjacent to an activating group) is 1. The van der Waals surface area contributed by atoms with Gasteiger partial charge in [0.05, 0.1) is 11.0 Å². The maximum absolute atomic E-state index is 12.7.